The number of hydrogen-bond donors (Lipinski definition) is 0. The van der Waals surface area contributed by atoms with Crippen LogP contribution in [0.3, 0.4) is 0 Å². The van der Waals surface area contributed by atoms with Crippen molar-refractivity contribution in [3.63, 3.8) is 0 Å². The minimum Gasteiger partial charge on any atom is -0.866 e. The van der Waals surface area contributed by atoms with Gasteiger partial charge >= 0.3 is 0 Å². The van der Waals surface area contributed by atoms with Crippen molar-refractivity contribution in [2.45, 2.75) is 0 Å². The summed E-state index contributed by atoms with van der Waals surface area (Å²) >= 11 is 0. The van der Waals surface area contributed by atoms with Crippen LogP contribution in [0, 0.1) is 6.58 Å². The number of carbonyl (C=O) groups excluding carboxylic acids is 2. The number of ether oxygens (including phenoxy) is 2. The Bertz CT molecular complexity index is 223. The standard InChI is InChI=1S/C7H7NO4.Y/c1-4(6(9)11-2)5(8)7(10)12-3;/h1H,2-3H3;/q-2;. The van der Waals surface area contributed by atoms with E-state index in [1.807, 2.05) is 0 Å². The summed E-state index contributed by atoms with van der Waals surface area (Å²) in [6.45, 7) is 5.00. The fourth-order valence-electron chi connectivity index (χ4n) is 0.413. The Hall–Kier alpha value is -0.546. The van der Waals surface area contributed by atoms with Crippen LogP contribution in [0.5, 0.6) is 0 Å². The number of hydrogen-bond acceptors (Lipinski definition) is 4. The van der Waals surface area contributed by atoms with E-state index < -0.39 is 23.2 Å². The van der Waals surface area contributed by atoms with Crippen molar-refractivity contribution in [2.24, 2.45) is 0 Å². The third kappa shape index (κ3) is 4.29. The molecule has 0 atom stereocenters. The van der Waals surface area contributed by atoms with Gasteiger partial charge in [0.15, 0.2) is 0 Å². The number of carbonyl (C=O) groups is 2. The van der Waals surface area contributed by atoms with Gasteiger partial charge < -0.3 is 19.7 Å². The quantitative estimate of drug-likeness (QED) is 0.301. The van der Waals surface area contributed by atoms with Crippen molar-refractivity contribution in [2.75, 3.05) is 14.2 Å². The average molecular weight is 258 g/mol. The summed E-state index contributed by atoms with van der Waals surface area (Å²) in [5.74, 6) is -2.07. The van der Waals surface area contributed by atoms with Gasteiger partial charge in [-0.15, -0.1) is 5.57 Å². The Morgan fingerprint density at radius 1 is 1.15 bits per heavy atom. The molecule has 5 nitrogen and oxygen atoms in total. The molecule has 0 heterocycles. The van der Waals surface area contributed by atoms with E-state index in [9.17, 15) is 9.59 Å². The molecule has 6 heteroatoms. The van der Waals surface area contributed by atoms with Gasteiger partial charge in [0.1, 0.15) is 0 Å². The summed E-state index contributed by atoms with van der Waals surface area (Å²) in [6.07, 6.45) is 0. The molecule has 0 bridgehead atoms. The molecule has 69 valence electrons. The van der Waals surface area contributed by atoms with Crippen LogP contribution in [0.4, 0.5) is 0 Å². The van der Waals surface area contributed by atoms with Gasteiger partial charge in [0, 0.05) is 32.7 Å². The summed E-state index contributed by atoms with van der Waals surface area (Å²) in [4.78, 5) is 21.2. The maximum absolute atomic E-state index is 10.6. The molecular weight excluding hydrogens is 251 g/mol. The van der Waals surface area contributed by atoms with Gasteiger partial charge in [-0.25, -0.2) is 6.58 Å². The van der Waals surface area contributed by atoms with Crippen LogP contribution in [0.25, 0.3) is 5.41 Å². The van der Waals surface area contributed by atoms with E-state index >= 15 is 0 Å². The number of rotatable bonds is 3. The molecule has 0 amide bonds. The molecule has 0 saturated carbocycles. The molecule has 0 aliphatic rings. The summed E-state index contributed by atoms with van der Waals surface area (Å²) in [5.41, 5.74) is -1.63. The zero-order valence-electron chi connectivity index (χ0n) is 7.23. The van der Waals surface area contributed by atoms with Crippen molar-refractivity contribution in [3.8, 4) is 0 Å². The predicted octanol–water partition coefficient (Wildman–Crippen LogP) is -0.300. The van der Waals surface area contributed by atoms with Crippen LogP contribution in [-0.2, 0) is 51.8 Å². The van der Waals surface area contributed by atoms with Gasteiger partial charge in [-0.05, 0) is 0 Å². The van der Waals surface area contributed by atoms with Crippen LogP contribution in [0.1, 0.15) is 0 Å². The Morgan fingerprint density at radius 2 is 1.54 bits per heavy atom. The molecule has 0 aliphatic heterocycles. The SMILES string of the molecule is [CH-]=C(C(=[N-])C(=O)OC)C(=O)OC.[Y]. The molecule has 1 radical (unpaired) electrons. The topological polar surface area (TPSA) is 74.9 Å². The van der Waals surface area contributed by atoms with Crippen molar-refractivity contribution >= 4 is 17.7 Å². The van der Waals surface area contributed by atoms with Crippen molar-refractivity contribution in [1.82, 2.24) is 0 Å². The van der Waals surface area contributed by atoms with Crippen molar-refractivity contribution in [3.05, 3.63) is 17.6 Å². The monoisotopic (exact) mass is 258 g/mol. The molecule has 0 rings (SSSR count). The molecule has 0 aliphatic carbocycles. The molecule has 0 aromatic heterocycles. The molecule has 0 spiro atoms. The molecular formula is C7H7NO4Y-2. The van der Waals surface area contributed by atoms with Crippen LogP contribution < -0.4 is 0 Å². The number of methoxy groups -OCH3 is 2. The maximum atomic E-state index is 10.6. The largest absolute Gasteiger partial charge is 0.866 e. The van der Waals surface area contributed by atoms with E-state index in [1.54, 1.807) is 0 Å². The molecule has 13 heavy (non-hydrogen) atoms. The molecule has 0 aromatic carbocycles. The van der Waals surface area contributed by atoms with Gasteiger partial charge in [-0.1, -0.05) is 0 Å². The van der Waals surface area contributed by atoms with Gasteiger partial charge in [-0.2, -0.15) is 5.71 Å². The smallest absolute Gasteiger partial charge is 0.256 e. The Morgan fingerprint density at radius 3 is 1.85 bits per heavy atom. The Balaban J connectivity index is 0. The first-order chi connectivity index (χ1) is 5.54. The average Bonchev–Trinajstić information content (AvgIpc) is 2.12. The first-order valence-electron chi connectivity index (χ1n) is 2.90. The Labute approximate surface area is 101 Å². The molecule has 0 saturated heterocycles. The minimum absolute atomic E-state index is 0. The van der Waals surface area contributed by atoms with Crippen LogP contribution >= 0.6 is 0 Å². The van der Waals surface area contributed by atoms with Gasteiger partial charge in [0.25, 0.3) is 5.97 Å². The molecule has 0 N–H and O–H groups in total. The van der Waals surface area contributed by atoms with E-state index in [-0.39, 0.29) is 32.7 Å². The van der Waals surface area contributed by atoms with E-state index in [4.69, 9.17) is 12.0 Å². The fourth-order valence-corrected chi connectivity index (χ4v) is 0.413. The number of esters is 2. The third-order valence-corrected chi connectivity index (χ3v) is 1.04. The van der Waals surface area contributed by atoms with Gasteiger partial charge in [0.2, 0.25) is 5.97 Å². The van der Waals surface area contributed by atoms with Crippen LogP contribution in [0.2, 0.25) is 0 Å². The first kappa shape index (κ1) is 15.0. The minimum atomic E-state index is -1.09. The number of nitrogens with zero attached hydrogens (tertiary/aromatic N) is 1. The fraction of sp³-hybridized carbons (Fsp3) is 0.286. The summed E-state index contributed by atoms with van der Waals surface area (Å²) in [7, 11) is 2.11. The second-order valence-corrected chi connectivity index (χ2v) is 1.75. The molecule has 0 unspecified atom stereocenters. The van der Waals surface area contributed by atoms with Crippen LogP contribution in [0.15, 0.2) is 5.57 Å². The van der Waals surface area contributed by atoms with Crippen LogP contribution in [-0.4, -0.2) is 31.9 Å². The predicted molar refractivity (Wildman–Crippen MR) is 40.2 cm³/mol. The second-order valence-electron chi connectivity index (χ2n) is 1.75. The zero-order chi connectivity index (χ0) is 9.72. The van der Waals surface area contributed by atoms with Crippen molar-refractivity contribution < 1.29 is 51.8 Å². The second kappa shape index (κ2) is 6.92. The summed E-state index contributed by atoms with van der Waals surface area (Å²) in [5, 5.41) is 8.87. The Kier molecular flexibility index (Phi) is 7.95. The van der Waals surface area contributed by atoms with E-state index in [2.05, 4.69) is 9.47 Å². The van der Waals surface area contributed by atoms with E-state index in [1.165, 1.54) is 0 Å². The molecule has 0 aromatic rings. The van der Waals surface area contributed by atoms with E-state index in [0.29, 0.717) is 0 Å². The van der Waals surface area contributed by atoms with E-state index in [0.717, 1.165) is 14.2 Å². The third-order valence-electron chi connectivity index (χ3n) is 1.04. The van der Waals surface area contributed by atoms with Gasteiger partial charge in [-0.3, -0.25) is 4.79 Å². The van der Waals surface area contributed by atoms with Crippen molar-refractivity contribution in [1.29, 1.82) is 0 Å². The summed E-state index contributed by atoms with van der Waals surface area (Å²) < 4.78 is 8.23. The summed E-state index contributed by atoms with van der Waals surface area (Å²) in [6, 6.07) is 0. The first-order valence-corrected chi connectivity index (χ1v) is 2.90. The maximum Gasteiger partial charge on any atom is 0.256 e. The van der Waals surface area contributed by atoms with Gasteiger partial charge in [0.05, 0.1) is 14.2 Å². The normalized spacial score (nSPS) is 7.85. The molecule has 0 fully saturated rings. The zero-order valence-corrected chi connectivity index (χ0v) is 10.1.